The van der Waals surface area contributed by atoms with Gasteiger partial charge in [-0.15, -0.1) is 10.2 Å². The molecule has 1 aliphatic heterocycles. The number of ether oxygens (including phenoxy) is 1. The van der Waals surface area contributed by atoms with Crippen molar-refractivity contribution in [3.63, 3.8) is 0 Å². The molecule has 1 unspecified atom stereocenters. The summed E-state index contributed by atoms with van der Waals surface area (Å²) in [5, 5.41) is 14.1. The highest BCUT2D eigenvalue weighted by Crippen LogP contribution is 2.29. The molecule has 7 heteroatoms. The van der Waals surface area contributed by atoms with E-state index in [9.17, 15) is 0 Å². The van der Waals surface area contributed by atoms with Crippen LogP contribution in [-0.2, 0) is 4.74 Å². The van der Waals surface area contributed by atoms with Crippen LogP contribution in [0.3, 0.4) is 0 Å². The van der Waals surface area contributed by atoms with E-state index >= 15 is 0 Å². The highest BCUT2D eigenvalue weighted by Gasteiger charge is 2.24. The molecule has 3 heterocycles. The molecule has 0 aromatic carbocycles. The average Bonchev–Trinajstić information content (AvgIpc) is 2.98. The lowest BCUT2D eigenvalue weighted by Crippen LogP contribution is -2.18. The normalized spacial score (nSPS) is 19.4. The van der Waals surface area contributed by atoms with Gasteiger partial charge in [0.2, 0.25) is 4.96 Å². The second-order valence-corrected chi connectivity index (χ2v) is 6.34. The number of hydrogen-bond donors (Lipinski definition) is 1. The van der Waals surface area contributed by atoms with Crippen LogP contribution in [0.5, 0.6) is 0 Å². The number of nitrogens with two attached hydrogens (primary N) is 1. The Balaban J connectivity index is 1.93. The van der Waals surface area contributed by atoms with E-state index in [-0.39, 0.29) is 6.04 Å². The standard InChI is InChI=1S/C12H19N5OS/c1-7(2)9(13)11-16-17-10(14-15-12(17)19-11)8-3-5-18-6-4-8/h7-9H,3-6,13H2,1-2H3. The number of rotatable bonds is 3. The van der Waals surface area contributed by atoms with Gasteiger partial charge in [0.25, 0.3) is 0 Å². The minimum atomic E-state index is -0.0331. The van der Waals surface area contributed by atoms with E-state index in [0.717, 1.165) is 41.8 Å². The van der Waals surface area contributed by atoms with Gasteiger partial charge in [0.15, 0.2) is 5.82 Å². The average molecular weight is 281 g/mol. The van der Waals surface area contributed by atoms with Crippen molar-refractivity contribution >= 4 is 16.3 Å². The smallest absolute Gasteiger partial charge is 0.234 e. The lowest BCUT2D eigenvalue weighted by Gasteiger charge is -2.19. The molecule has 19 heavy (non-hydrogen) atoms. The Morgan fingerprint density at radius 2 is 2.05 bits per heavy atom. The highest BCUT2D eigenvalue weighted by molar-refractivity contribution is 7.16. The zero-order valence-electron chi connectivity index (χ0n) is 11.2. The Morgan fingerprint density at radius 1 is 1.32 bits per heavy atom. The molecule has 104 valence electrons. The molecule has 2 N–H and O–H groups in total. The molecular weight excluding hydrogens is 262 g/mol. The van der Waals surface area contributed by atoms with Crippen LogP contribution in [0, 0.1) is 5.92 Å². The van der Waals surface area contributed by atoms with Gasteiger partial charge in [-0.05, 0) is 18.8 Å². The second kappa shape index (κ2) is 5.15. The summed E-state index contributed by atoms with van der Waals surface area (Å²) in [5.41, 5.74) is 6.16. The molecule has 0 spiro atoms. The van der Waals surface area contributed by atoms with Crippen LogP contribution in [0.15, 0.2) is 0 Å². The summed E-state index contributed by atoms with van der Waals surface area (Å²) in [6.07, 6.45) is 1.98. The maximum atomic E-state index is 6.16. The van der Waals surface area contributed by atoms with E-state index in [1.165, 1.54) is 0 Å². The van der Waals surface area contributed by atoms with Gasteiger partial charge in [0.1, 0.15) is 5.01 Å². The van der Waals surface area contributed by atoms with Crippen molar-refractivity contribution in [2.45, 2.75) is 38.6 Å². The molecule has 1 saturated heterocycles. The third-order valence-corrected chi connectivity index (χ3v) is 4.62. The Kier molecular flexibility index (Phi) is 3.51. The SMILES string of the molecule is CC(C)C(N)c1nn2c(C3CCOCC3)nnc2s1. The van der Waals surface area contributed by atoms with E-state index in [4.69, 9.17) is 10.5 Å². The largest absolute Gasteiger partial charge is 0.381 e. The first kappa shape index (κ1) is 13.0. The van der Waals surface area contributed by atoms with Crippen LogP contribution in [0.2, 0.25) is 0 Å². The summed E-state index contributed by atoms with van der Waals surface area (Å²) >= 11 is 1.54. The molecular formula is C12H19N5OS. The number of hydrogen-bond acceptors (Lipinski definition) is 6. The molecule has 1 fully saturated rings. The Morgan fingerprint density at radius 3 is 2.74 bits per heavy atom. The monoisotopic (exact) mass is 281 g/mol. The summed E-state index contributed by atoms with van der Waals surface area (Å²) in [6, 6.07) is -0.0331. The lowest BCUT2D eigenvalue weighted by molar-refractivity contribution is 0.0831. The molecule has 1 aliphatic rings. The highest BCUT2D eigenvalue weighted by atomic mass is 32.1. The third kappa shape index (κ3) is 2.37. The zero-order chi connectivity index (χ0) is 13.4. The molecule has 0 amide bonds. The van der Waals surface area contributed by atoms with Crippen LogP contribution < -0.4 is 5.73 Å². The maximum absolute atomic E-state index is 6.16. The van der Waals surface area contributed by atoms with Gasteiger partial charge >= 0.3 is 0 Å². The van der Waals surface area contributed by atoms with Gasteiger partial charge in [-0.3, -0.25) is 0 Å². The first-order chi connectivity index (χ1) is 9.16. The number of fused-ring (bicyclic) bond motifs is 1. The molecule has 1 atom stereocenters. The van der Waals surface area contributed by atoms with E-state index < -0.39 is 0 Å². The molecule has 0 aliphatic carbocycles. The molecule has 3 rings (SSSR count). The van der Waals surface area contributed by atoms with E-state index in [1.54, 1.807) is 11.3 Å². The predicted octanol–water partition coefficient (Wildman–Crippen LogP) is 1.74. The Labute approximate surface area is 116 Å². The minimum absolute atomic E-state index is 0.0331. The number of aromatic nitrogens is 4. The summed E-state index contributed by atoms with van der Waals surface area (Å²) in [4.78, 5) is 0.840. The maximum Gasteiger partial charge on any atom is 0.234 e. The summed E-state index contributed by atoms with van der Waals surface area (Å²) in [6.45, 7) is 5.79. The zero-order valence-corrected chi connectivity index (χ0v) is 12.1. The Bertz CT molecular complexity index is 557. The van der Waals surface area contributed by atoms with Crippen molar-refractivity contribution in [1.82, 2.24) is 19.8 Å². The van der Waals surface area contributed by atoms with Crippen molar-refractivity contribution in [2.75, 3.05) is 13.2 Å². The van der Waals surface area contributed by atoms with E-state index in [2.05, 4.69) is 29.1 Å². The fraction of sp³-hybridized carbons (Fsp3) is 0.750. The first-order valence-electron chi connectivity index (χ1n) is 6.72. The molecule has 0 radical (unpaired) electrons. The molecule has 0 saturated carbocycles. The van der Waals surface area contributed by atoms with E-state index in [1.807, 2.05) is 4.52 Å². The number of nitrogens with zero attached hydrogens (tertiary/aromatic N) is 4. The van der Waals surface area contributed by atoms with Gasteiger partial charge in [0.05, 0.1) is 6.04 Å². The molecule has 2 aromatic rings. The van der Waals surface area contributed by atoms with Crippen molar-refractivity contribution in [3.8, 4) is 0 Å². The van der Waals surface area contributed by atoms with Crippen molar-refractivity contribution in [2.24, 2.45) is 11.7 Å². The van der Waals surface area contributed by atoms with Crippen molar-refractivity contribution < 1.29 is 4.74 Å². The van der Waals surface area contributed by atoms with Crippen molar-refractivity contribution in [1.29, 1.82) is 0 Å². The lowest BCUT2D eigenvalue weighted by atomic mass is 10.00. The topological polar surface area (TPSA) is 78.3 Å². The van der Waals surface area contributed by atoms with Gasteiger partial charge in [-0.1, -0.05) is 25.2 Å². The quantitative estimate of drug-likeness (QED) is 0.927. The van der Waals surface area contributed by atoms with E-state index in [0.29, 0.717) is 11.8 Å². The van der Waals surface area contributed by atoms with Gasteiger partial charge in [0, 0.05) is 19.1 Å². The van der Waals surface area contributed by atoms with Crippen LogP contribution in [0.4, 0.5) is 0 Å². The van der Waals surface area contributed by atoms with Crippen LogP contribution in [-0.4, -0.2) is 33.0 Å². The molecule has 2 aromatic heterocycles. The first-order valence-corrected chi connectivity index (χ1v) is 7.54. The summed E-state index contributed by atoms with van der Waals surface area (Å²) < 4.78 is 7.26. The van der Waals surface area contributed by atoms with Crippen molar-refractivity contribution in [3.05, 3.63) is 10.8 Å². The van der Waals surface area contributed by atoms with Gasteiger partial charge in [-0.25, -0.2) is 0 Å². The van der Waals surface area contributed by atoms with Crippen LogP contribution in [0.25, 0.3) is 4.96 Å². The second-order valence-electron chi connectivity index (χ2n) is 5.35. The van der Waals surface area contributed by atoms with Crippen LogP contribution >= 0.6 is 11.3 Å². The third-order valence-electron chi connectivity index (χ3n) is 3.62. The van der Waals surface area contributed by atoms with Gasteiger partial charge in [-0.2, -0.15) is 9.61 Å². The molecule has 6 nitrogen and oxygen atoms in total. The fourth-order valence-corrected chi connectivity index (χ4v) is 3.30. The summed E-state index contributed by atoms with van der Waals surface area (Å²) in [7, 11) is 0. The molecule has 0 bridgehead atoms. The Hall–Kier alpha value is -1.05. The predicted molar refractivity (Wildman–Crippen MR) is 73.2 cm³/mol. The minimum Gasteiger partial charge on any atom is -0.381 e. The summed E-state index contributed by atoms with van der Waals surface area (Å²) in [5.74, 6) is 1.72. The van der Waals surface area contributed by atoms with Gasteiger partial charge < -0.3 is 10.5 Å². The fourth-order valence-electron chi connectivity index (χ4n) is 2.28. The van der Waals surface area contributed by atoms with Crippen LogP contribution in [0.1, 0.15) is 49.5 Å².